The Kier molecular flexibility index (Phi) is 3.97. The van der Waals surface area contributed by atoms with Crippen LogP contribution in [0.3, 0.4) is 0 Å². The van der Waals surface area contributed by atoms with Crippen LogP contribution in [0.4, 0.5) is 0 Å². The van der Waals surface area contributed by atoms with E-state index in [4.69, 9.17) is 4.74 Å². The molecular weight excluding hydrogens is 200 g/mol. The minimum absolute atomic E-state index is 0.190. The number of hydrogen-bond acceptors (Lipinski definition) is 2. The standard InChI is InChI=1S/C14H20O2/c1-11(15)13-7-8-14(9-13)16-10-12-5-3-2-4-6-12/h2-6,11,13-15H,7-10H2,1H3. The van der Waals surface area contributed by atoms with Crippen molar-refractivity contribution in [3.05, 3.63) is 35.9 Å². The van der Waals surface area contributed by atoms with Crippen molar-refractivity contribution in [3.8, 4) is 0 Å². The van der Waals surface area contributed by atoms with Crippen molar-refractivity contribution in [1.29, 1.82) is 0 Å². The second kappa shape index (κ2) is 5.46. The monoisotopic (exact) mass is 220 g/mol. The van der Waals surface area contributed by atoms with Crippen molar-refractivity contribution in [2.45, 2.75) is 45.0 Å². The Hall–Kier alpha value is -0.860. The van der Waals surface area contributed by atoms with Crippen LogP contribution in [0, 0.1) is 5.92 Å². The second-order valence-electron chi connectivity index (χ2n) is 4.73. The third-order valence-electron chi connectivity index (χ3n) is 3.44. The van der Waals surface area contributed by atoms with Gasteiger partial charge in [0.05, 0.1) is 18.8 Å². The Morgan fingerprint density at radius 2 is 2.06 bits per heavy atom. The molecule has 1 aliphatic carbocycles. The molecule has 1 aliphatic rings. The Labute approximate surface area is 97.3 Å². The number of ether oxygens (including phenoxy) is 1. The van der Waals surface area contributed by atoms with Gasteiger partial charge in [0.25, 0.3) is 0 Å². The molecule has 2 nitrogen and oxygen atoms in total. The van der Waals surface area contributed by atoms with Gasteiger partial charge in [-0.15, -0.1) is 0 Å². The number of hydrogen-bond donors (Lipinski definition) is 1. The topological polar surface area (TPSA) is 29.5 Å². The minimum Gasteiger partial charge on any atom is -0.393 e. The fourth-order valence-corrected chi connectivity index (χ4v) is 2.35. The number of benzene rings is 1. The van der Waals surface area contributed by atoms with E-state index in [1.165, 1.54) is 5.56 Å². The molecule has 2 heteroatoms. The Morgan fingerprint density at radius 3 is 2.69 bits per heavy atom. The van der Waals surface area contributed by atoms with Crippen LogP contribution in [-0.4, -0.2) is 17.3 Å². The summed E-state index contributed by atoms with van der Waals surface area (Å²) in [5.41, 5.74) is 1.22. The summed E-state index contributed by atoms with van der Waals surface area (Å²) in [6.45, 7) is 2.57. The largest absolute Gasteiger partial charge is 0.393 e. The van der Waals surface area contributed by atoms with Crippen LogP contribution in [0.5, 0.6) is 0 Å². The van der Waals surface area contributed by atoms with Gasteiger partial charge in [0.15, 0.2) is 0 Å². The molecular formula is C14H20O2. The van der Waals surface area contributed by atoms with Crippen molar-refractivity contribution in [2.24, 2.45) is 5.92 Å². The van der Waals surface area contributed by atoms with E-state index in [0.717, 1.165) is 19.3 Å². The van der Waals surface area contributed by atoms with E-state index in [1.54, 1.807) is 0 Å². The van der Waals surface area contributed by atoms with Crippen LogP contribution < -0.4 is 0 Å². The van der Waals surface area contributed by atoms with Crippen LogP contribution >= 0.6 is 0 Å². The fraction of sp³-hybridized carbons (Fsp3) is 0.571. The summed E-state index contributed by atoms with van der Waals surface area (Å²) >= 11 is 0. The number of rotatable bonds is 4. The summed E-state index contributed by atoms with van der Waals surface area (Å²) in [6, 6.07) is 10.3. The lowest BCUT2D eigenvalue weighted by atomic mass is 10.0. The SMILES string of the molecule is CC(O)C1CCC(OCc2ccccc2)C1. The summed E-state index contributed by atoms with van der Waals surface area (Å²) in [6.07, 6.45) is 3.33. The van der Waals surface area contributed by atoms with Crippen molar-refractivity contribution in [2.75, 3.05) is 0 Å². The zero-order valence-corrected chi connectivity index (χ0v) is 9.80. The van der Waals surface area contributed by atoms with Gasteiger partial charge >= 0.3 is 0 Å². The third kappa shape index (κ3) is 3.06. The highest BCUT2D eigenvalue weighted by Gasteiger charge is 2.28. The zero-order valence-electron chi connectivity index (χ0n) is 9.80. The van der Waals surface area contributed by atoms with Gasteiger partial charge in [-0.1, -0.05) is 30.3 Å². The molecule has 0 amide bonds. The minimum atomic E-state index is -0.190. The first kappa shape index (κ1) is 11.6. The van der Waals surface area contributed by atoms with Gasteiger partial charge in [0.1, 0.15) is 0 Å². The third-order valence-corrected chi connectivity index (χ3v) is 3.44. The molecule has 0 spiro atoms. The molecule has 1 saturated carbocycles. The molecule has 88 valence electrons. The van der Waals surface area contributed by atoms with Gasteiger partial charge < -0.3 is 9.84 Å². The average molecular weight is 220 g/mol. The van der Waals surface area contributed by atoms with Gasteiger partial charge in [-0.2, -0.15) is 0 Å². The van der Waals surface area contributed by atoms with E-state index < -0.39 is 0 Å². The Balaban J connectivity index is 1.76. The van der Waals surface area contributed by atoms with Crippen LogP contribution in [0.1, 0.15) is 31.7 Å². The molecule has 3 atom stereocenters. The highest BCUT2D eigenvalue weighted by atomic mass is 16.5. The smallest absolute Gasteiger partial charge is 0.0720 e. The molecule has 0 aliphatic heterocycles. The first-order valence-corrected chi connectivity index (χ1v) is 6.09. The molecule has 1 aromatic carbocycles. The summed E-state index contributed by atoms with van der Waals surface area (Å²) in [5, 5.41) is 9.50. The molecule has 0 heterocycles. The zero-order chi connectivity index (χ0) is 11.4. The molecule has 16 heavy (non-hydrogen) atoms. The maximum absolute atomic E-state index is 9.50. The van der Waals surface area contributed by atoms with E-state index in [9.17, 15) is 5.11 Å². The van der Waals surface area contributed by atoms with E-state index in [2.05, 4.69) is 12.1 Å². The molecule has 1 aromatic rings. The first-order chi connectivity index (χ1) is 7.75. The lowest BCUT2D eigenvalue weighted by Crippen LogP contribution is -2.15. The number of aliphatic hydroxyl groups is 1. The number of aliphatic hydroxyl groups excluding tert-OH is 1. The van der Waals surface area contributed by atoms with Gasteiger partial charge in [0, 0.05) is 0 Å². The Morgan fingerprint density at radius 1 is 1.31 bits per heavy atom. The summed E-state index contributed by atoms with van der Waals surface area (Å²) in [7, 11) is 0. The van der Waals surface area contributed by atoms with Crippen LogP contribution in [0.15, 0.2) is 30.3 Å². The highest BCUT2D eigenvalue weighted by Crippen LogP contribution is 2.30. The maximum Gasteiger partial charge on any atom is 0.0720 e. The van der Waals surface area contributed by atoms with Crippen molar-refractivity contribution >= 4 is 0 Å². The summed E-state index contributed by atoms with van der Waals surface area (Å²) < 4.78 is 5.86. The molecule has 0 radical (unpaired) electrons. The van der Waals surface area contributed by atoms with E-state index >= 15 is 0 Å². The quantitative estimate of drug-likeness (QED) is 0.845. The summed E-state index contributed by atoms with van der Waals surface area (Å²) in [5.74, 6) is 0.431. The highest BCUT2D eigenvalue weighted by molar-refractivity contribution is 5.13. The summed E-state index contributed by atoms with van der Waals surface area (Å²) in [4.78, 5) is 0. The fourth-order valence-electron chi connectivity index (χ4n) is 2.35. The lowest BCUT2D eigenvalue weighted by molar-refractivity contribution is 0.0353. The predicted molar refractivity (Wildman–Crippen MR) is 64.0 cm³/mol. The molecule has 1 fully saturated rings. The van der Waals surface area contributed by atoms with Crippen molar-refractivity contribution in [3.63, 3.8) is 0 Å². The van der Waals surface area contributed by atoms with Crippen molar-refractivity contribution in [1.82, 2.24) is 0 Å². The molecule has 0 bridgehead atoms. The van der Waals surface area contributed by atoms with E-state index in [-0.39, 0.29) is 6.10 Å². The van der Waals surface area contributed by atoms with E-state index in [0.29, 0.717) is 18.6 Å². The molecule has 0 saturated heterocycles. The molecule has 2 rings (SSSR count). The second-order valence-corrected chi connectivity index (χ2v) is 4.73. The molecule has 0 aromatic heterocycles. The van der Waals surface area contributed by atoms with Crippen LogP contribution in [-0.2, 0) is 11.3 Å². The van der Waals surface area contributed by atoms with Crippen LogP contribution in [0.25, 0.3) is 0 Å². The van der Waals surface area contributed by atoms with Gasteiger partial charge in [-0.05, 0) is 37.7 Å². The van der Waals surface area contributed by atoms with E-state index in [1.807, 2.05) is 25.1 Å². The van der Waals surface area contributed by atoms with Gasteiger partial charge in [-0.3, -0.25) is 0 Å². The molecule has 3 unspecified atom stereocenters. The predicted octanol–water partition coefficient (Wildman–Crippen LogP) is 2.75. The maximum atomic E-state index is 9.50. The van der Waals surface area contributed by atoms with Crippen molar-refractivity contribution < 1.29 is 9.84 Å². The first-order valence-electron chi connectivity index (χ1n) is 6.09. The Bertz CT molecular complexity index is 308. The normalized spacial score (nSPS) is 26.9. The average Bonchev–Trinajstić information content (AvgIpc) is 2.76. The van der Waals surface area contributed by atoms with Crippen LogP contribution in [0.2, 0.25) is 0 Å². The molecule has 1 N–H and O–H groups in total. The van der Waals surface area contributed by atoms with Gasteiger partial charge in [-0.25, -0.2) is 0 Å². The lowest BCUT2D eigenvalue weighted by Gasteiger charge is -2.14. The van der Waals surface area contributed by atoms with Gasteiger partial charge in [0.2, 0.25) is 0 Å².